The zero-order chi connectivity index (χ0) is 21.4. The van der Waals surface area contributed by atoms with Gasteiger partial charge in [0.2, 0.25) is 11.8 Å². The number of nitrogens with one attached hydrogen (secondary N) is 2. The van der Waals surface area contributed by atoms with Crippen molar-refractivity contribution in [3.8, 4) is 5.75 Å². The number of carbonyl (C=O) groups excluding carboxylic acids is 2. The Kier molecular flexibility index (Phi) is 7.44. The van der Waals surface area contributed by atoms with Crippen molar-refractivity contribution in [2.24, 2.45) is 0 Å². The fourth-order valence-corrected chi connectivity index (χ4v) is 4.11. The number of rotatable bonds is 8. The van der Waals surface area contributed by atoms with E-state index in [9.17, 15) is 14.0 Å². The molecule has 5 nitrogen and oxygen atoms in total. The average molecular weight is 413 g/mol. The van der Waals surface area contributed by atoms with E-state index in [0.717, 1.165) is 49.0 Å². The van der Waals surface area contributed by atoms with E-state index < -0.39 is 5.41 Å². The molecule has 3 rings (SSSR count). The van der Waals surface area contributed by atoms with Gasteiger partial charge in [0.15, 0.2) is 0 Å². The Morgan fingerprint density at radius 2 is 1.57 bits per heavy atom. The third kappa shape index (κ3) is 5.38. The third-order valence-corrected chi connectivity index (χ3v) is 5.80. The van der Waals surface area contributed by atoms with Crippen LogP contribution in [0.3, 0.4) is 0 Å². The van der Waals surface area contributed by atoms with Crippen molar-refractivity contribution in [2.45, 2.75) is 43.9 Å². The minimum absolute atomic E-state index is 0.0140. The molecule has 0 unspecified atom stereocenters. The first-order valence-electron chi connectivity index (χ1n) is 10.5. The van der Waals surface area contributed by atoms with Gasteiger partial charge in [-0.25, -0.2) is 4.39 Å². The summed E-state index contributed by atoms with van der Waals surface area (Å²) >= 11 is 0. The first kappa shape index (κ1) is 21.8. The summed E-state index contributed by atoms with van der Waals surface area (Å²) in [4.78, 5) is 25.2. The molecule has 0 heterocycles. The first-order valence-corrected chi connectivity index (χ1v) is 10.5. The summed E-state index contributed by atoms with van der Waals surface area (Å²) < 4.78 is 18.2. The van der Waals surface area contributed by atoms with Crippen LogP contribution < -0.4 is 15.4 Å². The van der Waals surface area contributed by atoms with Crippen LogP contribution in [0.2, 0.25) is 0 Å². The van der Waals surface area contributed by atoms with Gasteiger partial charge in [0, 0.05) is 13.1 Å². The zero-order valence-electron chi connectivity index (χ0n) is 17.4. The van der Waals surface area contributed by atoms with E-state index >= 15 is 0 Å². The lowest BCUT2D eigenvalue weighted by Crippen LogP contribution is -2.47. The van der Waals surface area contributed by atoms with Gasteiger partial charge < -0.3 is 15.4 Å². The molecule has 1 saturated carbocycles. The lowest BCUT2D eigenvalue weighted by molar-refractivity contribution is -0.128. The summed E-state index contributed by atoms with van der Waals surface area (Å²) in [6.45, 7) is 0.719. The van der Waals surface area contributed by atoms with E-state index in [4.69, 9.17) is 4.74 Å². The average Bonchev–Trinajstić information content (AvgIpc) is 2.78. The number of halogens is 1. The lowest BCUT2D eigenvalue weighted by atomic mass is 9.68. The summed E-state index contributed by atoms with van der Waals surface area (Å²) in [6, 6.07) is 13.6. The topological polar surface area (TPSA) is 67.4 Å². The Balaban J connectivity index is 1.53. The van der Waals surface area contributed by atoms with E-state index in [-0.39, 0.29) is 24.1 Å². The quantitative estimate of drug-likeness (QED) is 0.652. The Bertz CT molecular complexity index is 844. The number of methoxy groups -OCH3 is 1. The number of hydrogen-bond donors (Lipinski definition) is 2. The molecular weight excluding hydrogens is 383 g/mol. The van der Waals surface area contributed by atoms with Crippen molar-refractivity contribution < 1.29 is 18.7 Å². The predicted molar refractivity (Wildman–Crippen MR) is 114 cm³/mol. The lowest BCUT2D eigenvalue weighted by Gasteiger charge is -2.36. The Hall–Kier alpha value is -2.89. The van der Waals surface area contributed by atoms with E-state index in [0.29, 0.717) is 13.1 Å². The van der Waals surface area contributed by atoms with Gasteiger partial charge in [-0.05, 0) is 48.2 Å². The second-order valence-electron chi connectivity index (χ2n) is 7.78. The highest BCUT2D eigenvalue weighted by molar-refractivity contribution is 5.88. The van der Waals surface area contributed by atoms with E-state index in [2.05, 4.69) is 10.6 Å². The standard InChI is InChI=1S/C24H29FN2O3/c1-30-21-11-7-19(8-12-21)24(13-3-2-4-14-24)23(29)27-16-15-26-22(28)17-18-5-9-20(25)10-6-18/h5-12H,2-4,13-17H2,1H3,(H,26,28)(H,27,29). The van der Waals surface area contributed by atoms with Crippen LogP contribution in [0.5, 0.6) is 5.75 Å². The maximum atomic E-state index is 13.2. The number of carbonyl (C=O) groups is 2. The van der Waals surface area contributed by atoms with Crippen LogP contribution in [0, 0.1) is 5.82 Å². The van der Waals surface area contributed by atoms with Gasteiger partial charge in [-0.2, -0.15) is 0 Å². The molecule has 1 aliphatic carbocycles. The van der Waals surface area contributed by atoms with Crippen LogP contribution in [0.4, 0.5) is 4.39 Å². The van der Waals surface area contributed by atoms with Crippen LogP contribution in [0.1, 0.15) is 43.2 Å². The number of benzene rings is 2. The maximum absolute atomic E-state index is 13.2. The molecule has 0 atom stereocenters. The highest BCUT2D eigenvalue weighted by atomic mass is 19.1. The molecule has 0 spiro atoms. The van der Waals surface area contributed by atoms with E-state index in [1.54, 1.807) is 19.2 Å². The molecule has 0 bridgehead atoms. The second-order valence-corrected chi connectivity index (χ2v) is 7.78. The molecule has 6 heteroatoms. The fourth-order valence-electron chi connectivity index (χ4n) is 4.11. The van der Waals surface area contributed by atoms with Crippen molar-refractivity contribution in [2.75, 3.05) is 20.2 Å². The van der Waals surface area contributed by atoms with E-state index in [1.165, 1.54) is 12.1 Å². The van der Waals surface area contributed by atoms with Gasteiger partial charge in [0.25, 0.3) is 0 Å². The second kappa shape index (κ2) is 10.2. The molecule has 0 radical (unpaired) electrons. The summed E-state index contributed by atoms with van der Waals surface area (Å²) in [6.07, 6.45) is 5.01. The molecule has 0 aliphatic heterocycles. The van der Waals surface area contributed by atoms with Crippen LogP contribution in [-0.4, -0.2) is 32.0 Å². The fraction of sp³-hybridized carbons (Fsp3) is 0.417. The molecule has 0 saturated heterocycles. The first-order chi connectivity index (χ1) is 14.5. The largest absolute Gasteiger partial charge is 0.497 e. The normalized spacial score (nSPS) is 15.3. The van der Waals surface area contributed by atoms with Gasteiger partial charge in [0.05, 0.1) is 18.9 Å². The Morgan fingerprint density at radius 3 is 2.20 bits per heavy atom. The highest BCUT2D eigenvalue weighted by Gasteiger charge is 2.40. The predicted octanol–water partition coefficient (Wildman–Crippen LogP) is 3.51. The smallest absolute Gasteiger partial charge is 0.230 e. The maximum Gasteiger partial charge on any atom is 0.230 e. The molecule has 2 aromatic rings. The van der Waals surface area contributed by atoms with Crippen LogP contribution in [0.15, 0.2) is 48.5 Å². The Morgan fingerprint density at radius 1 is 0.933 bits per heavy atom. The van der Waals surface area contributed by atoms with Gasteiger partial charge in [-0.15, -0.1) is 0 Å². The molecular formula is C24H29FN2O3. The van der Waals surface area contributed by atoms with Gasteiger partial charge in [0.1, 0.15) is 11.6 Å². The van der Waals surface area contributed by atoms with Crippen molar-refractivity contribution in [1.29, 1.82) is 0 Å². The molecule has 30 heavy (non-hydrogen) atoms. The van der Waals surface area contributed by atoms with Crippen molar-refractivity contribution in [3.63, 3.8) is 0 Å². The minimum Gasteiger partial charge on any atom is -0.497 e. The van der Waals surface area contributed by atoms with Crippen LogP contribution in [-0.2, 0) is 21.4 Å². The summed E-state index contributed by atoms with van der Waals surface area (Å²) in [5.41, 5.74) is 1.24. The third-order valence-electron chi connectivity index (χ3n) is 5.80. The number of amides is 2. The molecule has 2 N–H and O–H groups in total. The molecule has 0 aromatic heterocycles. The SMILES string of the molecule is COc1ccc(C2(C(=O)NCCNC(=O)Cc3ccc(F)cc3)CCCCC2)cc1. The van der Waals surface area contributed by atoms with Gasteiger partial charge in [-0.1, -0.05) is 43.5 Å². The summed E-state index contributed by atoms with van der Waals surface area (Å²) in [5, 5.41) is 5.82. The monoisotopic (exact) mass is 412 g/mol. The van der Waals surface area contributed by atoms with Crippen LogP contribution in [0.25, 0.3) is 0 Å². The molecule has 2 aromatic carbocycles. The van der Waals surface area contributed by atoms with E-state index in [1.807, 2.05) is 24.3 Å². The summed E-state index contributed by atoms with van der Waals surface area (Å²) in [5.74, 6) is 0.308. The molecule has 160 valence electrons. The number of ether oxygens (including phenoxy) is 1. The molecule has 2 amide bonds. The highest BCUT2D eigenvalue weighted by Crippen LogP contribution is 2.40. The molecule has 1 fully saturated rings. The summed E-state index contributed by atoms with van der Waals surface area (Å²) in [7, 11) is 1.63. The number of hydrogen-bond acceptors (Lipinski definition) is 3. The minimum atomic E-state index is -0.525. The van der Waals surface area contributed by atoms with Crippen molar-refractivity contribution in [1.82, 2.24) is 10.6 Å². The molecule has 1 aliphatic rings. The Labute approximate surface area is 177 Å². The zero-order valence-corrected chi connectivity index (χ0v) is 17.4. The van der Waals surface area contributed by atoms with Gasteiger partial charge >= 0.3 is 0 Å². The van der Waals surface area contributed by atoms with Crippen LogP contribution >= 0.6 is 0 Å². The van der Waals surface area contributed by atoms with Crippen molar-refractivity contribution >= 4 is 11.8 Å². The van der Waals surface area contributed by atoms with Gasteiger partial charge in [-0.3, -0.25) is 9.59 Å². The van der Waals surface area contributed by atoms with Crippen molar-refractivity contribution in [3.05, 3.63) is 65.5 Å².